The second-order valence-corrected chi connectivity index (χ2v) is 6.34. The molecule has 2 aromatic rings. The van der Waals surface area contributed by atoms with Crippen molar-refractivity contribution in [3.05, 3.63) is 59.7 Å². The van der Waals surface area contributed by atoms with Gasteiger partial charge in [-0.1, -0.05) is 24.3 Å². The quantitative estimate of drug-likeness (QED) is 0.278. The first-order valence-electron chi connectivity index (χ1n) is 8.24. The molecule has 170 valence electrons. The molecular formula is C20H15Cl3O9. The van der Waals surface area contributed by atoms with Gasteiger partial charge in [0, 0.05) is 13.8 Å². The van der Waals surface area contributed by atoms with Crippen molar-refractivity contribution in [2.45, 2.75) is 13.8 Å². The highest BCUT2D eigenvalue weighted by Crippen LogP contribution is 2.20. The summed E-state index contributed by atoms with van der Waals surface area (Å²) in [5, 5.41) is 5.76. The number of rotatable bonds is 5. The van der Waals surface area contributed by atoms with Gasteiger partial charge in [0.25, 0.3) is 5.24 Å². The number of hydrogen-bond donors (Lipinski definition) is 1. The van der Waals surface area contributed by atoms with Crippen molar-refractivity contribution in [2.75, 3.05) is 0 Å². The molecule has 9 nitrogen and oxygen atoms in total. The van der Waals surface area contributed by atoms with Gasteiger partial charge in [0.2, 0.25) is 0 Å². The number of carboxylic acids is 1. The zero-order chi connectivity index (χ0) is 24.8. The van der Waals surface area contributed by atoms with E-state index in [0.717, 1.165) is 0 Å². The highest BCUT2D eigenvalue weighted by molar-refractivity contribution is 6.97. The molecule has 1 N–H and O–H groups in total. The van der Waals surface area contributed by atoms with Gasteiger partial charge in [0.15, 0.2) is 0 Å². The van der Waals surface area contributed by atoms with Gasteiger partial charge in [-0.2, -0.15) is 0 Å². The Kier molecular flexibility index (Phi) is 13.2. The minimum atomic E-state index is -1.14. The van der Waals surface area contributed by atoms with Gasteiger partial charge < -0.3 is 14.6 Å². The number of carbonyl (C=O) groups is 6. The highest BCUT2D eigenvalue weighted by Gasteiger charge is 2.11. The molecule has 0 aliphatic carbocycles. The lowest BCUT2D eigenvalue weighted by Gasteiger charge is -2.03. The van der Waals surface area contributed by atoms with Crippen LogP contribution in [-0.4, -0.2) is 38.7 Å². The molecule has 0 aromatic heterocycles. The smallest absolute Gasteiger partial charge is 0.339 e. The van der Waals surface area contributed by atoms with E-state index < -0.39 is 33.6 Å². The van der Waals surface area contributed by atoms with Gasteiger partial charge in [-0.15, -0.1) is 0 Å². The lowest BCUT2D eigenvalue weighted by molar-refractivity contribution is -0.132. The summed E-state index contributed by atoms with van der Waals surface area (Å²) >= 11 is 14.2. The average Bonchev–Trinajstić information content (AvgIpc) is 2.68. The standard InChI is InChI=1S/C9H7ClO3.C9H8O4.C2Cl2O2/c1-6(11)13-8-5-3-2-4-7(8)9(10)12;1-6(10)13-8-5-3-2-4-7(8)9(11)12;3-1(5)2(4)6/h2-5H,1H3;2-5H,1H3,(H,11,12);. The van der Waals surface area contributed by atoms with Crippen LogP contribution in [0.1, 0.15) is 34.6 Å². The molecule has 0 unspecified atom stereocenters. The van der Waals surface area contributed by atoms with Crippen LogP contribution < -0.4 is 9.47 Å². The molecule has 0 aliphatic rings. The topological polar surface area (TPSA) is 141 Å². The summed E-state index contributed by atoms with van der Waals surface area (Å²) in [6.45, 7) is 2.48. The third-order valence-electron chi connectivity index (χ3n) is 2.88. The Labute approximate surface area is 196 Å². The van der Waals surface area contributed by atoms with Crippen LogP contribution in [0, 0.1) is 0 Å². The number of hydrogen-bond acceptors (Lipinski definition) is 8. The SMILES string of the molecule is CC(=O)Oc1ccccc1C(=O)Cl.CC(=O)Oc1ccccc1C(=O)O.O=C(Cl)C(=O)Cl. The van der Waals surface area contributed by atoms with Crippen molar-refractivity contribution in [3.63, 3.8) is 0 Å². The van der Waals surface area contributed by atoms with Crippen LogP contribution in [0.4, 0.5) is 0 Å². The third-order valence-corrected chi connectivity index (χ3v) is 3.52. The average molecular weight is 506 g/mol. The fourth-order valence-electron chi connectivity index (χ4n) is 1.76. The lowest BCUT2D eigenvalue weighted by Crippen LogP contribution is -2.06. The van der Waals surface area contributed by atoms with Gasteiger partial charge in [0.1, 0.15) is 17.1 Å². The van der Waals surface area contributed by atoms with Crippen LogP contribution in [-0.2, 0) is 19.2 Å². The fraction of sp³-hybridized carbons (Fsp3) is 0.100. The number of carboxylic acid groups (broad SMARTS) is 1. The molecule has 0 saturated carbocycles. The lowest BCUT2D eigenvalue weighted by atomic mass is 10.2. The van der Waals surface area contributed by atoms with Crippen LogP contribution >= 0.6 is 34.8 Å². The summed E-state index contributed by atoms with van der Waals surface area (Å²) < 4.78 is 9.45. The fourth-order valence-corrected chi connectivity index (χ4v) is 1.92. The number of halogens is 3. The van der Waals surface area contributed by atoms with Crippen molar-refractivity contribution in [3.8, 4) is 11.5 Å². The van der Waals surface area contributed by atoms with E-state index in [-0.39, 0.29) is 22.6 Å². The molecule has 0 amide bonds. The number of benzene rings is 2. The summed E-state index contributed by atoms with van der Waals surface area (Å²) in [5.74, 6) is -1.87. The normalized spacial score (nSPS) is 9.03. The van der Waals surface area contributed by atoms with E-state index in [1.54, 1.807) is 24.3 Å². The van der Waals surface area contributed by atoms with Crippen molar-refractivity contribution in [1.82, 2.24) is 0 Å². The van der Waals surface area contributed by atoms with Crippen LogP contribution in [0.3, 0.4) is 0 Å². The summed E-state index contributed by atoms with van der Waals surface area (Å²) in [6, 6.07) is 12.3. The maximum absolute atomic E-state index is 10.8. The minimum absolute atomic E-state index is 0.0160. The largest absolute Gasteiger partial charge is 0.478 e. The maximum atomic E-state index is 10.8. The number of esters is 2. The van der Waals surface area contributed by atoms with Crippen LogP contribution in [0.5, 0.6) is 11.5 Å². The molecule has 0 saturated heterocycles. The predicted molar refractivity (Wildman–Crippen MR) is 114 cm³/mol. The summed E-state index contributed by atoms with van der Waals surface area (Å²) in [7, 11) is 0. The molecule has 0 bridgehead atoms. The van der Waals surface area contributed by atoms with Gasteiger partial charge in [-0.25, -0.2) is 4.79 Å². The highest BCUT2D eigenvalue weighted by atomic mass is 35.5. The van der Waals surface area contributed by atoms with Crippen molar-refractivity contribution in [1.29, 1.82) is 0 Å². The number of ether oxygens (including phenoxy) is 2. The first-order valence-corrected chi connectivity index (χ1v) is 9.37. The molecular weight excluding hydrogens is 491 g/mol. The van der Waals surface area contributed by atoms with E-state index in [2.05, 4.69) is 27.9 Å². The summed E-state index contributed by atoms with van der Waals surface area (Å²) in [4.78, 5) is 61.5. The molecule has 0 aliphatic heterocycles. The van der Waals surface area contributed by atoms with Crippen LogP contribution in [0.25, 0.3) is 0 Å². The molecule has 12 heteroatoms. The van der Waals surface area contributed by atoms with Crippen molar-refractivity contribution < 1.29 is 43.3 Å². The van der Waals surface area contributed by atoms with Gasteiger partial charge in [-0.3, -0.25) is 24.0 Å². The maximum Gasteiger partial charge on any atom is 0.339 e. The Hall–Kier alpha value is -3.27. The van der Waals surface area contributed by atoms with Crippen LogP contribution in [0.2, 0.25) is 0 Å². The van der Waals surface area contributed by atoms with E-state index in [9.17, 15) is 28.8 Å². The molecule has 0 heterocycles. The van der Waals surface area contributed by atoms with Crippen molar-refractivity contribution in [2.24, 2.45) is 0 Å². The number of aromatic carboxylic acids is 1. The van der Waals surface area contributed by atoms with E-state index in [1.165, 1.54) is 38.1 Å². The summed E-state index contributed by atoms with van der Waals surface area (Å²) in [5.41, 5.74) is 0.178. The van der Waals surface area contributed by atoms with E-state index >= 15 is 0 Å². The Bertz CT molecular complexity index is 937. The van der Waals surface area contributed by atoms with E-state index in [1.807, 2.05) is 0 Å². The van der Waals surface area contributed by atoms with E-state index in [4.69, 9.17) is 21.4 Å². The molecule has 0 atom stereocenters. The molecule has 2 aromatic carbocycles. The Morgan fingerprint density at radius 2 is 1.00 bits per heavy atom. The Morgan fingerprint density at radius 1 is 0.656 bits per heavy atom. The Morgan fingerprint density at radius 3 is 1.31 bits per heavy atom. The molecule has 0 fully saturated rings. The zero-order valence-corrected chi connectivity index (χ0v) is 18.7. The first kappa shape index (κ1) is 28.7. The second-order valence-electron chi connectivity index (χ2n) is 5.31. The predicted octanol–water partition coefficient (Wildman–Crippen LogP) is 3.82. The number of carbonyl (C=O) groups excluding carboxylic acids is 5. The number of para-hydroxylation sites is 2. The van der Waals surface area contributed by atoms with E-state index in [0.29, 0.717) is 0 Å². The van der Waals surface area contributed by atoms with Gasteiger partial charge in [0.05, 0.1) is 5.56 Å². The second kappa shape index (κ2) is 14.7. The monoisotopic (exact) mass is 504 g/mol. The molecule has 0 radical (unpaired) electrons. The zero-order valence-electron chi connectivity index (χ0n) is 16.5. The first-order chi connectivity index (χ1) is 14.9. The van der Waals surface area contributed by atoms with Gasteiger partial charge >= 0.3 is 28.4 Å². The molecule has 0 spiro atoms. The van der Waals surface area contributed by atoms with Gasteiger partial charge in [-0.05, 0) is 59.1 Å². The minimum Gasteiger partial charge on any atom is -0.478 e. The molecule has 2 rings (SSSR count). The Balaban J connectivity index is 0.000000484. The van der Waals surface area contributed by atoms with Crippen molar-refractivity contribution >= 4 is 68.4 Å². The molecule has 32 heavy (non-hydrogen) atoms. The third kappa shape index (κ3) is 11.8. The van der Waals surface area contributed by atoms with Crippen LogP contribution in [0.15, 0.2) is 48.5 Å². The summed E-state index contributed by atoms with van der Waals surface area (Å²) in [6.07, 6.45) is 0.